The molecule has 4 rings (SSSR count). The molecule has 0 saturated carbocycles. The maximum absolute atomic E-state index is 4.97. The summed E-state index contributed by atoms with van der Waals surface area (Å²) in [5, 5.41) is 7.25. The number of allylic oxidation sites excluding steroid dienone is 3. The van der Waals surface area contributed by atoms with Gasteiger partial charge in [0, 0.05) is 21.8 Å². The average Bonchev–Trinajstić information content (AvgIpc) is 3.12. The minimum atomic E-state index is 0. The summed E-state index contributed by atoms with van der Waals surface area (Å²) in [6.07, 6.45) is 4.36. The zero-order chi connectivity index (χ0) is 22.7. The fourth-order valence-corrected chi connectivity index (χ4v) is 4.40. The molecule has 2 heterocycles. The fraction of sp³-hybridized carbons (Fsp3) is 0.321. The van der Waals surface area contributed by atoms with Crippen molar-refractivity contribution < 1.29 is 51.4 Å². The van der Waals surface area contributed by atoms with E-state index < -0.39 is 0 Å². The Bertz CT molecular complexity index is 1310. The number of benzene rings is 2. The van der Waals surface area contributed by atoms with Gasteiger partial charge >= 0.3 is 51.4 Å². The molecule has 5 heteroatoms. The third-order valence-electron chi connectivity index (χ3n) is 6.35. The summed E-state index contributed by atoms with van der Waals surface area (Å²) in [7, 11) is 0. The van der Waals surface area contributed by atoms with E-state index in [0.717, 1.165) is 59.4 Å². The van der Waals surface area contributed by atoms with Crippen LogP contribution in [0.3, 0.4) is 0 Å². The summed E-state index contributed by atoms with van der Waals surface area (Å²) < 4.78 is 0. The standard InChI is InChI=1S/C28H33N4.K/c1-6-32(7-2)17-16-29-27-20(4)12-14-24-25-18-22(23-11-9-8-10-19(23)3)13-15-26(25)31-28(24)30-21(27)5;/h8-15,18H,6-7,16-17H2,1-5H3,(H,30,31);/q-1;+1. The van der Waals surface area contributed by atoms with Gasteiger partial charge in [-0.2, -0.15) is 0 Å². The molecule has 0 aliphatic carbocycles. The quantitative estimate of drug-likeness (QED) is 0.537. The van der Waals surface area contributed by atoms with Gasteiger partial charge in [0.2, 0.25) is 0 Å². The molecule has 4 nitrogen and oxygen atoms in total. The van der Waals surface area contributed by atoms with Gasteiger partial charge in [0.15, 0.2) is 0 Å². The van der Waals surface area contributed by atoms with Gasteiger partial charge in [0.1, 0.15) is 5.49 Å². The van der Waals surface area contributed by atoms with Gasteiger partial charge in [0.25, 0.3) is 0 Å². The van der Waals surface area contributed by atoms with Crippen molar-refractivity contribution in [3.63, 3.8) is 0 Å². The van der Waals surface area contributed by atoms with E-state index in [-0.39, 0.29) is 51.4 Å². The summed E-state index contributed by atoms with van der Waals surface area (Å²) in [6, 6.07) is 15.2. The van der Waals surface area contributed by atoms with Crippen LogP contribution in [0.15, 0.2) is 70.5 Å². The van der Waals surface area contributed by atoms with Gasteiger partial charge < -0.3 is 15.2 Å². The normalized spacial score (nSPS) is 19.3. The van der Waals surface area contributed by atoms with Gasteiger partial charge in [-0.15, -0.1) is 12.2 Å². The number of nitrogens with zero attached hydrogens (tertiary/aromatic N) is 3. The molecule has 166 valence electrons. The Morgan fingerprint density at radius 3 is 2.45 bits per heavy atom. The van der Waals surface area contributed by atoms with E-state index in [0.29, 0.717) is 0 Å². The van der Waals surface area contributed by atoms with E-state index >= 15 is 0 Å². The molecule has 0 atom stereocenters. The Morgan fingerprint density at radius 2 is 1.73 bits per heavy atom. The van der Waals surface area contributed by atoms with Crippen molar-refractivity contribution in [1.82, 2.24) is 9.88 Å². The summed E-state index contributed by atoms with van der Waals surface area (Å²) in [6.45, 7) is 14.6. The van der Waals surface area contributed by atoms with Crippen LogP contribution in [0.25, 0.3) is 33.4 Å². The number of nitrogens with one attached hydrogen (secondary N) is 1. The molecular formula is C28H33KN4. The summed E-state index contributed by atoms with van der Waals surface area (Å²) in [5.41, 5.74) is 8.90. The van der Waals surface area contributed by atoms with Crippen LogP contribution in [-0.2, 0) is 0 Å². The smallest absolute Gasteiger partial charge is 0.682 e. The number of hydrogen-bond donors (Lipinski definition) is 1. The van der Waals surface area contributed by atoms with E-state index in [1.807, 2.05) is 0 Å². The number of likely N-dealkylation sites (N-methyl/N-ethyl adjacent to an activating group) is 1. The first kappa shape index (κ1) is 26.1. The van der Waals surface area contributed by atoms with E-state index in [9.17, 15) is 0 Å². The monoisotopic (exact) mass is 464 g/mol. The minimum absolute atomic E-state index is 0. The van der Waals surface area contributed by atoms with Crippen LogP contribution in [0.1, 0.15) is 33.3 Å². The van der Waals surface area contributed by atoms with Crippen LogP contribution >= 0.6 is 0 Å². The second-order valence-electron chi connectivity index (χ2n) is 8.43. The zero-order valence-corrected chi connectivity index (χ0v) is 24.0. The largest absolute Gasteiger partial charge is 1.00 e. The Morgan fingerprint density at radius 1 is 0.970 bits per heavy atom. The molecule has 33 heavy (non-hydrogen) atoms. The van der Waals surface area contributed by atoms with E-state index in [1.165, 1.54) is 22.1 Å². The van der Waals surface area contributed by atoms with Crippen molar-refractivity contribution >= 4 is 17.0 Å². The number of fused-ring (bicyclic) bond motifs is 3. The number of aryl methyl sites for hydroxylation is 1. The Kier molecular flexibility index (Phi) is 9.33. The maximum Gasteiger partial charge on any atom is 1.00 e. The molecule has 0 bridgehead atoms. The second kappa shape index (κ2) is 11.8. The molecule has 1 aliphatic rings. The molecule has 1 aliphatic heterocycles. The molecule has 0 saturated heterocycles. The number of rotatable bonds is 7. The molecule has 0 amide bonds. The van der Waals surface area contributed by atoms with Crippen LogP contribution in [0.5, 0.6) is 0 Å². The van der Waals surface area contributed by atoms with Crippen molar-refractivity contribution in [2.45, 2.75) is 34.6 Å². The van der Waals surface area contributed by atoms with Gasteiger partial charge in [-0.25, -0.2) is 4.99 Å². The van der Waals surface area contributed by atoms with E-state index in [4.69, 9.17) is 10.3 Å². The summed E-state index contributed by atoms with van der Waals surface area (Å²) >= 11 is 0. The number of aromatic amines is 1. The number of aromatic nitrogens is 1. The van der Waals surface area contributed by atoms with Gasteiger partial charge in [-0.3, -0.25) is 0 Å². The molecule has 2 aromatic carbocycles. The van der Waals surface area contributed by atoms with Crippen LogP contribution in [-0.4, -0.2) is 36.1 Å². The van der Waals surface area contributed by atoms with Crippen molar-refractivity contribution in [3.05, 3.63) is 87.1 Å². The van der Waals surface area contributed by atoms with Gasteiger partial charge in [0.05, 0.1) is 0 Å². The Labute approximate surface area is 240 Å². The average molecular weight is 465 g/mol. The van der Waals surface area contributed by atoms with Crippen molar-refractivity contribution in [1.29, 1.82) is 0 Å². The van der Waals surface area contributed by atoms with Gasteiger partial charge in [-0.1, -0.05) is 61.9 Å². The molecule has 0 radical (unpaired) electrons. The fourth-order valence-electron chi connectivity index (χ4n) is 4.40. The number of hydrogen-bond acceptors (Lipinski definition) is 2. The van der Waals surface area contributed by atoms with Crippen molar-refractivity contribution in [2.75, 3.05) is 26.2 Å². The predicted molar refractivity (Wildman–Crippen MR) is 136 cm³/mol. The first-order valence-corrected chi connectivity index (χ1v) is 11.6. The van der Waals surface area contributed by atoms with Crippen molar-refractivity contribution in [3.8, 4) is 11.1 Å². The predicted octanol–water partition coefficient (Wildman–Crippen LogP) is 2.45. The van der Waals surface area contributed by atoms with Crippen LogP contribution < -0.4 is 62.1 Å². The first-order chi connectivity index (χ1) is 15.5. The molecule has 0 unspecified atom stereocenters. The number of H-pyrrole nitrogens is 1. The minimum Gasteiger partial charge on any atom is -0.682 e. The third-order valence-corrected chi connectivity index (χ3v) is 6.35. The zero-order valence-electron chi connectivity index (χ0n) is 20.9. The third kappa shape index (κ3) is 5.79. The SMILES string of the molecule is CCN(CC)CC[N-]C1=C(C)/N=c2\[nH]c3ccc(-c4ccccc4C)cc3\c2=C\C=C\1C.[K+]. The molecule has 1 N–H and O–H groups in total. The van der Waals surface area contributed by atoms with Crippen LogP contribution in [0, 0.1) is 6.92 Å². The van der Waals surface area contributed by atoms with E-state index in [2.05, 4.69) is 99.1 Å². The van der Waals surface area contributed by atoms with E-state index in [1.54, 1.807) is 0 Å². The van der Waals surface area contributed by atoms with Crippen LogP contribution in [0.2, 0.25) is 0 Å². The molecule has 0 spiro atoms. The van der Waals surface area contributed by atoms with Crippen molar-refractivity contribution in [2.24, 2.45) is 4.99 Å². The maximum atomic E-state index is 4.97. The molecular weight excluding hydrogens is 431 g/mol. The topological polar surface area (TPSA) is 45.5 Å². The molecule has 1 aromatic heterocycles. The summed E-state index contributed by atoms with van der Waals surface area (Å²) in [5.74, 6) is 0. The Balaban J connectivity index is 0.00000306. The van der Waals surface area contributed by atoms with Gasteiger partial charge in [-0.05, 0) is 69.2 Å². The second-order valence-corrected chi connectivity index (χ2v) is 8.43. The first-order valence-electron chi connectivity index (χ1n) is 11.6. The molecule has 3 aromatic rings. The molecule has 0 fully saturated rings. The Hall–Kier alpha value is -1.47. The summed E-state index contributed by atoms with van der Waals surface area (Å²) in [4.78, 5) is 10.9. The van der Waals surface area contributed by atoms with Crippen LogP contribution in [0.4, 0.5) is 0 Å².